The Kier molecular flexibility index (Phi) is 5.07. The number of amides is 1. The summed E-state index contributed by atoms with van der Waals surface area (Å²) in [7, 11) is 0. The number of aromatic nitrogens is 3. The van der Waals surface area contributed by atoms with E-state index in [2.05, 4.69) is 17.4 Å². The summed E-state index contributed by atoms with van der Waals surface area (Å²) >= 11 is 6.15. The summed E-state index contributed by atoms with van der Waals surface area (Å²) in [6.45, 7) is 5.89. The maximum absolute atomic E-state index is 12.6. The Bertz CT molecular complexity index is 1210. The Morgan fingerprint density at radius 1 is 1.00 bits per heavy atom. The number of nitrogens with one attached hydrogen (secondary N) is 1. The van der Waals surface area contributed by atoms with Crippen LogP contribution in [0.2, 0.25) is 5.02 Å². The van der Waals surface area contributed by atoms with E-state index in [1.54, 1.807) is 12.1 Å². The molecule has 29 heavy (non-hydrogen) atoms. The lowest BCUT2D eigenvalue weighted by atomic mass is 10.1. The van der Waals surface area contributed by atoms with Crippen molar-refractivity contribution in [3.63, 3.8) is 0 Å². The number of carbonyl (C=O) groups excluding carboxylic acids is 1. The Balaban J connectivity index is 1.71. The molecular weight excluding hydrogens is 384 g/mol. The van der Waals surface area contributed by atoms with Crippen LogP contribution in [0, 0.1) is 20.8 Å². The van der Waals surface area contributed by atoms with Gasteiger partial charge in [0.05, 0.1) is 22.8 Å². The quantitative estimate of drug-likeness (QED) is 0.511. The van der Waals surface area contributed by atoms with Crippen molar-refractivity contribution >= 4 is 28.8 Å². The van der Waals surface area contributed by atoms with Crippen LogP contribution in [0.25, 0.3) is 16.8 Å². The maximum Gasteiger partial charge on any atom is 0.228 e. The van der Waals surface area contributed by atoms with Crippen LogP contribution < -0.4 is 5.32 Å². The molecule has 6 heteroatoms. The van der Waals surface area contributed by atoms with E-state index in [0.29, 0.717) is 10.7 Å². The highest BCUT2D eigenvalue weighted by Gasteiger charge is 2.19. The minimum atomic E-state index is -0.141. The second-order valence-electron chi connectivity index (χ2n) is 7.03. The predicted octanol–water partition coefficient (Wildman–Crippen LogP) is 5.16. The average molecular weight is 405 g/mol. The fourth-order valence-corrected chi connectivity index (χ4v) is 3.77. The molecule has 5 nitrogen and oxygen atoms in total. The summed E-state index contributed by atoms with van der Waals surface area (Å²) in [5.74, 6) is -0.141. The van der Waals surface area contributed by atoms with Crippen molar-refractivity contribution in [1.82, 2.24) is 14.6 Å². The second-order valence-corrected chi connectivity index (χ2v) is 7.44. The first-order valence-corrected chi connectivity index (χ1v) is 9.78. The van der Waals surface area contributed by atoms with Crippen LogP contribution in [-0.4, -0.2) is 20.5 Å². The number of fused-ring (bicyclic) bond motifs is 1. The molecule has 0 aliphatic rings. The van der Waals surface area contributed by atoms with Crippen molar-refractivity contribution in [3.8, 4) is 11.1 Å². The van der Waals surface area contributed by atoms with Gasteiger partial charge in [-0.15, -0.1) is 0 Å². The molecule has 1 N–H and O–H groups in total. The summed E-state index contributed by atoms with van der Waals surface area (Å²) in [6.07, 6.45) is 0.200. The number of anilines is 1. The molecule has 0 aliphatic heterocycles. The molecule has 0 radical (unpaired) electrons. The predicted molar refractivity (Wildman–Crippen MR) is 116 cm³/mol. The lowest BCUT2D eigenvalue weighted by molar-refractivity contribution is -0.115. The van der Waals surface area contributed by atoms with Gasteiger partial charge in [-0.2, -0.15) is 5.10 Å². The molecule has 2 aromatic heterocycles. The number of carbonyl (C=O) groups is 1. The zero-order valence-corrected chi connectivity index (χ0v) is 17.3. The Labute approximate surface area is 174 Å². The van der Waals surface area contributed by atoms with Gasteiger partial charge in [-0.3, -0.25) is 4.79 Å². The van der Waals surface area contributed by atoms with E-state index in [1.165, 1.54) is 0 Å². The van der Waals surface area contributed by atoms with Crippen LogP contribution in [0.3, 0.4) is 0 Å². The third-order valence-corrected chi connectivity index (χ3v) is 5.38. The minimum absolute atomic E-state index is 0.141. The molecule has 2 aromatic carbocycles. The van der Waals surface area contributed by atoms with Crippen LogP contribution in [0.5, 0.6) is 0 Å². The van der Waals surface area contributed by atoms with Gasteiger partial charge in [0, 0.05) is 22.5 Å². The van der Waals surface area contributed by atoms with Crippen molar-refractivity contribution in [2.45, 2.75) is 27.2 Å². The van der Waals surface area contributed by atoms with Gasteiger partial charge >= 0.3 is 0 Å². The van der Waals surface area contributed by atoms with Gasteiger partial charge in [0.25, 0.3) is 0 Å². The monoisotopic (exact) mass is 404 g/mol. The molecule has 0 unspecified atom stereocenters. The Morgan fingerprint density at radius 2 is 1.69 bits per heavy atom. The zero-order chi connectivity index (χ0) is 20.5. The number of rotatable bonds is 4. The van der Waals surface area contributed by atoms with Crippen molar-refractivity contribution in [3.05, 3.63) is 82.3 Å². The standard InChI is InChI=1S/C23H21ClN4O/c1-14-18(13-21(29)26-20-12-8-7-11-19(20)24)16(3)28-23(25-14)22(15(2)27-28)17-9-5-4-6-10-17/h4-12H,13H2,1-3H3,(H,26,29). The molecule has 0 atom stereocenters. The van der Waals surface area contributed by atoms with Crippen LogP contribution in [0.1, 0.15) is 22.6 Å². The van der Waals surface area contributed by atoms with Gasteiger partial charge in [-0.1, -0.05) is 54.1 Å². The number of hydrogen-bond donors (Lipinski definition) is 1. The van der Waals surface area contributed by atoms with Gasteiger partial charge < -0.3 is 5.32 Å². The first kappa shape index (κ1) is 19.2. The van der Waals surface area contributed by atoms with Gasteiger partial charge in [-0.05, 0) is 38.5 Å². The fourth-order valence-electron chi connectivity index (χ4n) is 3.58. The molecule has 0 saturated carbocycles. The molecule has 0 saturated heterocycles. The highest BCUT2D eigenvalue weighted by Crippen LogP contribution is 2.29. The van der Waals surface area contributed by atoms with Gasteiger partial charge in [-0.25, -0.2) is 9.50 Å². The summed E-state index contributed by atoms with van der Waals surface area (Å²) in [5.41, 5.74) is 7.00. The molecule has 0 fully saturated rings. The molecule has 4 rings (SSSR count). The van der Waals surface area contributed by atoms with E-state index < -0.39 is 0 Å². The van der Waals surface area contributed by atoms with Gasteiger partial charge in [0.15, 0.2) is 5.65 Å². The molecule has 2 heterocycles. The molecular formula is C23H21ClN4O. The third kappa shape index (κ3) is 3.61. The van der Waals surface area contributed by atoms with E-state index in [4.69, 9.17) is 21.7 Å². The number of nitrogens with zero attached hydrogens (tertiary/aromatic N) is 3. The number of para-hydroxylation sites is 1. The third-order valence-electron chi connectivity index (χ3n) is 5.05. The highest BCUT2D eigenvalue weighted by atomic mass is 35.5. The van der Waals surface area contributed by atoms with Crippen LogP contribution in [0.4, 0.5) is 5.69 Å². The SMILES string of the molecule is Cc1nc2c(-c3ccccc3)c(C)nn2c(C)c1CC(=O)Nc1ccccc1Cl. The fraction of sp³-hybridized carbons (Fsp3) is 0.174. The summed E-state index contributed by atoms with van der Waals surface area (Å²) in [6, 6.07) is 17.3. The van der Waals surface area contributed by atoms with E-state index >= 15 is 0 Å². The molecule has 146 valence electrons. The molecule has 4 aromatic rings. The summed E-state index contributed by atoms with van der Waals surface area (Å²) in [4.78, 5) is 17.4. The first-order chi connectivity index (χ1) is 14.0. The zero-order valence-electron chi connectivity index (χ0n) is 16.5. The molecule has 0 bridgehead atoms. The average Bonchev–Trinajstić information content (AvgIpc) is 3.03. The Morgan fingerprint density at radius 3 is 2.41 bits per heavy atom. The van der Waals surface area contributed by atoms with E-state index in [1.807, 2.05) is 55.6 Å². The number of aryl methyl sites for hydroxylation is 3. The van der Waals surface area contributed by atoms with Crippen molar-refractivity contribution in [1.29, 1.82) is 0 Å². The van der Waals surface area contributed by atoms with Crippen LogP contribution in [-0.2, 0) is 11.2 Å². The highest BCUT2D eigenvalue weighted by molar-refractivity contribution is 6.33. The topological polar surface area (TPSA) is 59.3 Å². The lowest BCUT2D eigenvalue weighted by Crippen LogP contribution is -2.18. The van der Waals surface area contributed by atoms with E-state index in [-0.39, 0.29) is 12.3 Å². The first-order valence-electron chi connectivity index (χ1n) is 9.41. The molecule has 0 aliphatic carbocycles. The number of hydrogen-bond acceptors (Lipinski definition) is 3. The molecule has 1 amide bonds. The number of benzene rings is 2. The van der Waals surface area contributed by atoms with Gasteiger partial charge in [0.2, 0.25) is 5.91 Å². The largest absolute Gasteiger partial charge is 0.324 e. The summed E-state index contributed by atoms with van der Waals surface area (Å²) < 4.78 is 1.84. The van der Waals surface area contributed by atoms with E-state index in [9.17, 15) is 4.79 Å². The van der Waals surface area contributed by atoms with E-state index in [0.717, 1.165) is 39.4 Å². The Hall–Kier alpha value is -3.18. The van der Waals surface area contributed by atoms with Crippen molar-refractivity contribution in [2.75, 3.05) is 5.32 Å². The minimum Gasteiger partial charge on any atom is -0.324 e. The summed E-state index contributed by atoms with van der Waals surface area (Å²) in [5, 5.41) is 8.08. The second kappa shape index (κ2) is 7.68. The van der Waals surface area contributed by atoms with Crippen molar-refractivity contribution in [2.24, 2.45) is 0 Å². The van der Waals surface area contributed by atoms with Crippen LogP contribution in [0.15, 0.2) is 54.6 Å². The number of halogens is 1. The normalized spacial score (nSPS) is 11.0. The lowest BCUT2D eigenvalue weighted by Gasteiger charge is -2.12. The van der Waals surface area contributed by atoms with Crippen LogP contribution >= 0.6 is 11.6 Å². The smallest absolute Gasteiger partial charge is 0.228 e. The molecule has 0 spiro atoms. The maximum atomic E-state index is 12.6. The van der Waals surface area contributed by atoms with Crippen molar-refractivity contribution < 1.29 is 4.79 Å². The van der Waals surface area contributed by atoms with Gasteiger partial charge in [0.1, 0.15) is 0 Å².